The quantitative estimate of drug-likeness (QED) is 0.651. The van der Waals surface area contributed by atoms with Crippen LogP contribution in [0, 0.1) is 18.6 Å². The lowest BCUT2D eigenvalue weighted by atomic mass is 10.1. The molecule has 1 aliphatic rings. The van der Waals surface area contributed by atoms with E-state index in [1.807, 2.05) is 24.3 Å². The van der Waals surface area contributed by atoms with Crippen LogP contribution in [-0.4, -0.2) is 47.2 Å². The highest BCUT2D eigenvalue weighted by atomic mass is 32.1. The van der Waals surface area contributed by atoms with Gasteiger partial charge in [0.15, 0.2) is 4.77 Å². The van der Waals surface area contributed by atoms with Crippen LogP contribution in [0.4, 0.5) is 5.69 Å². The minimum absolute atomic E-state index is 0.00379. The molecule has 0 spiro atoms. The molecular formula is C23H28N4OS. The molecule has 152 valence electrons. The molecule has 1 aliphatic heterocycles. The monoisotopic (exact) mass is 408 g/mol. The van der Waals surface area contributed by atoms with Crippen molar-refractivity contribution < 1.29 is 0 Å². The Hall–Kier alpha value is -2.44. The Morgan fingerprint density at radius 2 is 1.76 bits per heavy atom. The summed E-state index contributed by atoms with van der Waals surface area (Å²) in [4.78, 5) is 20.9. The molecule has 1 aromatic heterocycles. The Labute approximate surface area is 176 Å². The molecule has 1 saturated heterocycles. The van der Waals surface area contributed by atoms with Crippen LogP contribution in [0.2, 0.25) is 0 Å². The highest BCUT2D eigenvalue weighted by Crippen LogP contribution is 2.22. The number of hydrogen-bond acceptors (Lipinski definition) is 4. The van der Waals surface area contributed by atoms with Gasteiger partial charge in [-0.25, -0.2) is 0 Å². The number of hydrogen-bond donors (Lipinski definition) is 1. The first-order valence-corrected chi connectivity index (χ1v) is 10.7. The molecule has 29 heavy (non-hydrogen) atoms. The predicted molar refractivity (Wildman–Crippen MR) is 123 cm³/mol. The summed E-state index contributed by atoms with van der Waals surface area (Å²) in [5.41, 5.74) is 4.82. The summed E-state index contributed by atoms with van der Waals surface area (Å²) in [6.07, 6.45) is 0.916. The van der Waals surface area contributed by atoms with Gasteiger partial charge in [-0.2, -0.15) is 0 Å². The van der Waals surface area contributed by atoms with Gasteiger partial charge in [-0.3, -0.25) is 14.3 Å². The van der Waals surface area contributed by atoms with Crippen LogP contribution in [-0.2, 0) is 6.54 Å². The molecule has 4 rings (SSSR count). The third-order valence-corrected chi connectivity index (χ3v) is 6.15. The Balaban J connectivity index is 1.35. The molecule has 0 amide bonds. The second-order valence-electron chi connectivity index (χ2n) is 7.90. The molecule has 1 fully saturated rings. The lowest BCUT2D eigenvalue weighted by Gasteiger charge is -2.37. The van der Waals surface area contributed by atoms with Gasteiger partial charge in [0.1, 0.15) is 0 Å². The maximum absolute atomic E-state index is 12.7. The summed E-state index contributed by atoms with van der Waals surface area (Å²) in [7, 11) is 0. The molecule has 2 heterocycles. The van der Waals surface area contributed by atoms with E-state index in [-0.39, 0.29) is 5.56 Å². The van der Waals surface area contributed by atoms with Crippen molar-refractivity contribution in [1.29, 1.82) is 0 Å². The van der Waals surface area contributed by atoms with Gasteiger partial charge in [-0.05, 0) is 68.4 Å². The molecule has 0 radical (unpaired) electrons. The zero-order valence-electron chi connectivity index (χ0n) is 17.1. The molecule has 2 aromatic carbocycles. The lowest BCUT2D eigenvalue weighted by Crippen LogP contribution is -2.47. The Morgan fingerprint density at radius 3 is 2.55 bits per heavy atom. The van der Waals surface area contributed by atoms with Crippen molar-refractivity contribution >= 4 is 28.8 Å². The van der Waals surface area contributed by atoms with Crippen molar-refractivity contribution in [2.45, 2.75) is 26.8 Å². The van der Waals surface area contributed by atoms with E-state index < -0.39 is 0 Å². The maximum atomic E-state index is 12.7. The molecule has 0 saturated carbocycles. The Morgan fingerprint density at radius 1 is 1.00 bits per heavy atom. The van der Waals surface area contributed by atoms with Gasteiger partial charge in [0.25, 0.3) is 5.56 Å². The molecule has 0 bridgehead atoms. The van der Waals surface area contributed by atoms with Crippen molar-refractivity contribution in [3.8, 4) is 0 Å². The minimum Gasteiger partial charge on any atom is -0.369 e. The van der Waals surface area contributed by atoms with Crippen molar-refractivity contribution in [3.63, 3.8) is 0 Å². The first-order chi connectivity index (χ1) is 14.0. The number of rotatable bonds is 5. The molecular weight excluding hydrogens is 380 g/mol. The number of benzene rings is 2. The van der Waals surface area contributed by atoms with Gasteiger partial charge in [0.2, 0.25) is 0 Å². The zero-order chi connectivity index (χ0) is 20.4. The number of piperazine rings is 1. The van der Waals surface area contributed by atoms with Crippen LogP contribution < -0.4 is 10.5 Å². The second-order valence-corrected chi connectivity index (χ2v) is 8.29. The minimum atomic E-state index is 0.00379. The first-order valence-electron chi connectivity index (χ1n) is 10.3. The van der Waals surface area contributed by atoms with Gasteiger partial charge in [0, 0.05) is 38.4 Å². The van der Waals surface area contributed by atoms with Crippen molar-refractivity contribution in [2.24, 2.45) is 0 Å². The van der Waals surface area contributed by atoms with Crippen molar-refractivity contribution in [3.05, 3.63) is 68.7 Å². The number of nitrogens with zero attached hydrogens (tertiary/aromatic N) is 3. The van der Waals surface area contributed by atoms with Crippen LogP contribution in [0.25, 0.3) is 10.9 Å². The predicted octanol–water partition coefficient (Wildman–Crippen LogP) is 3.89. The molecule has 1 N–H and O–H groups in total. The fraction of sp³-hybridized carbons (Fsp3) is 0.391. The normalized spacial score (nSPS) is 15.2. The number of aromatic nitrogens is 2. The van der Waals surface area contributed by atoms with E-state index in [2.05, 4.69) is 46.8 Å². The van der Waals surface area contributed by atoms with Gasteiger partial charge < -0.3 is 9.88 Å². The fourth-order valence-electron chi connectivity index (χ4n) is 4.13. The van der Waals surface area contributed by atoms with Crippen LogP contribution in [0.3, 0.4) is 0 Å². The molecule has 6 heteroatoms. The number of aryl methyl sites for hydroxylation is 2. The maximum Gasteiger partial charge on any atom is 0.262 e. The average molecular weight is 409 g/mol. The molecule has 0 atom stereocenters. The van der Waals surface area contributed by atoms with E-state index in [1.54, 1.807) is 4.57 Å². The van der Waals surface area contributed by atoms with E-state index in [0.717, 1.165) is 44.7 Å². The van der Waals surface area contributed by atoms with E-state index >= 15 is 0 Å². The lowest BCUT2D eigenvalue weighted by molar-refractivity contribution is 0.250. The van der Waals surface area contributed by atoms with Crippen LogP contribution in [0.1, 0.15) is 17.5 Å². The fourth-order valence-corrected chi connectivity index (χ4v) is 4.41. The average Bonchev–Trinajstić information content (AvgIpc) is 2.73. The molecule has 0 aliphatic carbocycles. The zero-order valence-corrected chi connectivity index (χ0v) is 18.0. The summed E-state index contributed by atoms with van der Waals surface area (Å²) >= 11 is 5.42. The standard InChI is InChI=1S/C23H28N4OS/c1-17-8-9-18(2)21(16-17)26-14-12-25(13-15-26)10-5-11-27-22(28)19-6-3-4-7-20(19)24-23(27)29/h3-4,6-9,16H,5,10-15H2,1-2H3,(H,24,29). The molecule has 3 aromatic rings. The summed E-state index contributed by atoms with van der Waals surface area (Å²) in [5.74, 6) is 0. The highest BCUT2D eigenvalue weighted by Gasteiger charge is 2.18. The third-order valence-electron chi connectivity index (χ3n) is 5.82. The molecule has 0 unspecified atom stereocenters. The van der Waals surface area contributed by atoms with Crippen LogP contribution >= 0.6 is 12.2 Å². The smallest absolute Gasteiger partial charge is 0.262 e. The summed E-state index contributed by atoms with van der Waals surface area (Å²) in [6, 6.07) is 14.2. The number of fused-ring (bicyclic) bond motifs is 1. The number of para-hydroxylation sites is 1. The topological polar surface area (TPSA) is 44.3 Å². The van der Waals surface area contributed by atoms with Gasteiger partial charge in [-0.15, -0.1) is 0 Å². The van der Waals surface area contributed by atoms with E-state index in [1.165, 1.54) is 16.8 Å². The number of aromatic amines is 1. The van der Waals surface area contributed by atoms with E-state index in [4.69, 9.17) is 12.2 Å². The number of nitrogens with one attached hydrogen (secondary N) is 1. The Bertz CT molecular complexity index is 1130. The summed E-state index contributed by atoms with van der Waals surface area (Å²) in [6.45, 7) is 10.1. The summed E-state index contributed by atoms with van der Waals surface area (Å²) in [5, 5.41) is 0.697. The summed E-state index contributed by atoms with van der Waals surface area (Å²) < 4.78 is 2.21. The van der Waals surface area contributed by atoms with Gasteiger partial charge in [-0.1, -0.05) is 24.3 Å². The first kappa shape index (κ1) is 19.9. The van der Waals surface area contributed by atoms with E-state index in [9.17, 15) is 4.79 Å². The number of anilines is 1. The SMILES string of the molecule is Cc1ccc(C)c(N2CCN(CCCn3c(=S)[nH]c4ccccc4c3=O)CC2)c1. The van der Waals surface area contributed by atoms with Gasteiger partial charge >= 0.3 is 0 Å². The van der Waals surface area contributed by atoms with E-state index in [0.29, 0.717) is 16.7 Å². The molecule has 5 nitrogen and oxygen atoms in total. The van der Waals surface area contributed by atoms with Crippen molar-refractivity contribution in [1.82, 2.24) is 14.5 Å². The highest BCUT2D eigenvalue weighted by molar-refractivity contribution is 7.71. The van der Waals surface area contributed by atoms with Crippen LogP contribution in [0.15, 0.2) is 47.3 Å². The number of H-pyrrole nitrogens is 1. The van der Waals surface area contributed by atoms with Gasteiger partial charge in [0.05, 0.1) is 10.9 Å². The van der Waals surface area contributed by atoms with Crippen molar-refractivity contribution in [2.75, 3.05) is 37.6 Å². The third kappa shape index (κ3) is 4.28. The Kier molecular flexibility index (Phi) is 5.83. The van der Waals surface area contributed by atoms with Crippen LogP contribution in [0.5, 0.6) is 0 Å². The second kappa shape index (κ2) is 8.51. The largest absolute Gasteiger partial charge is 0.369 e.